The molecular weight excluding hydrogens is 302 g/mol. The van der Waals surface area contributed by atoms with Crippen molar-refractivity contribution in [1.82, 2.24) is 10.6 Å². The minimum atomic E-state index is -0.0785. The van der Waals surface area contributed by atoms with Crippen molar-refractivity contribution in [2.24, 2.45) is 5.41 Å². The smallest absolute Gasteiger partial charge is 0.251 e. The highest BCUT2D eigenvalue weighted by atomic mass is 16.3. The van der Waals surface area contributed by atoms with Gasteiger partial charge in [0.15, 0.2) is 0 Å². The fourth-order valence-corrected chi connectivity index (χ4v) is 3.41. The Balaban J connectivity index is 1.98. The molecule has 0 heterocycles. The number of carbonyl (C=O) groups is 1. The molecule has 1 aromatic carbocycles. The highest BCUT2D eigenvalue weighted by molar-refractivity contribution is 6.00. The summed E-state index contributed by atoms with van der Waals surface area (Å²) >= 11 is 0. The van der Waals surface area contributed by atoms with Crippen molar-refractivity contribution in [2.75, 3.05) is 26.2 Å². The van der Waals surface area contributed by atoms with E-state index in [2.05, 4.69) is 10.6 Å². The van der Waals surface area contributed by atoms with Gasteiger partial charge in [-0.3, -0.25) is 4.79 Å². The van der Waals surface area contributed by atoms with Gasteiger partial charge in [-0.05, 0) is 37.5 Å². The van der Waals surface area contributed by atoms with Crippen molar-refractivity contribution >= 4 is 11.6 Å². The number of benzene rings is 1. The van der Waals surface area contributed by atoms with E-state index in [9.17, 15) is 4.79 Å². The highest BCUT2D eigenvalue weighted by Gasteiger charge is 2.32. The van der Waals surface area contributed by atoms with Crippen LogP contribution in [0.3, 0.4) is 0 Å². The molecule has 5 nitrogen and oxygen atoms in total. The molecule has 1 aromatic rings. The molecule has 5 heteroatoms. The Hall–Kier alpha value is -1.72. The van der Waals surface area contributed by atoms with Crippen LogP contribution in [0.2, 0.25) is 0 Å². The van der Waals surface area contributed by atoms with E-state index in [1.807, 2.05) is 12.1 Å². The van der Waals surface area contributed by atoms with E-state index in [4.69, 9.17) is 10.5 Å². The van der Waals surface area contributed by atoms with Gasteiger partial charge in [0.05, 0.1) is 6.61 Å². The first kappa shape index (κ1) is 18.6. The summed E-state index contributed by atoms with van der Waals surface area (Å²) in [6.07, 6.45) is 5.85. The molecule has 24 heavy (non-hydrogen) atoms. The van der Waals surface area contributed by atoms with E-state index in [1.165, 1.54) is 19.3 Å². The Labute approximate surface area is 144 Å². The Kier molecular flexibility index (Phi) is 6.94. The number of amides is 1. The van der Waals surface area contributed by atoms with Gasteiger partial charge in [0.25, 0.3) is 5.91 Å². The molecule has 1 amide bonds. The number of aliphatic hydroxyl groups is 1. The summed E-state index contributed by atoms with van der Waals surface area (Å²) in [6, 6.07) is 7.23. The second-order valence-corrected chi connectivity index (χ2v) is 6.85. The van der Waals surface area contributed by atoms with Crippen molar-refractivity contribution in [3.8, 4) is 0 Å². The lowest BCUT2D eigenvalue weighted by Gasteiger charge is -2.37. The molecule has 1 aliphatic carbocycles. The van der Waals surface area contributed by atoms with Crippen molar-refractivity contribution in [2.45, 2.75) is 39.0 Å². The largest absolute Gasteiger partial charge is 0.395 e. The molecule has 0 bridgehead atoms. The zero-order chi connectivity index (χ0) is 17.4. The van der Waals surface area contributed by atoms with Crippen molar-refractivity contribution < 1.29 is 9.90 Å². The first-order valence-corrected chi connectivity index (χ1v) is 8.82. The van der Waals surface area contributed by atoms with Gasteiger partial charge in [-0.15, -0.1) is 0 Å². The van der Waals surface area contributed by atoms with Crippen LogP contribution in [0, 0.1) is 10.8 Å². The van der Waals surface area contributed by atoms with Crippen LogP contribution in [-0.2, 0) is 0 Å². The molecule has 0 aliphatic heterocycles. The predicted molar refractivity (Wildman–Crippen MR) is 96.8 cm³/mol. The number of carbonyl (C=O) groups excluding carboxylic acids is 1. The Morgan fingerprint density at radius 2 is 1.92 bits per heavy atom. The van der Waals surface area contributed by atoms with Gasteiger partial charge in [0, 0.05) is 36.3 Å². The number of aliphatic hydroxyl groups excluding tert-OH is 1. The average molecular weight is 331 g/mol. The molecule has 0 unspecified atom stereocenters. The molecule has 0 atom stereocenters. The summed E-state index contributed by atoms with van der Waals surface area (Å²) < 4.78 is 0. The topological polar surface area (TPSA) is 85.2 Å². The van der Waals surface area contributed by atoms with Crippen molar-refractivity contribution in [1.29, 1.82) is 5.41 Å². The van der Waals surface area contributed by atoms with Crippen LogP contribution >= 0.6 is 0 Å². The maximum Gasteiger partial charge on any atom is 0.251 e. The van der Waals surface area contributed by atoms with Gasteiger partial charge in [0.1, 0.15) is 0 Å². The van der Waals surface area contributed by atoms with Crippen LogP contribution in [0.15, 0.2) is 24.3 Å². The third-order valence-electron chi connectivity index (χ3n) is 4.88. The molecule has 1 aliphatic rings. The Bertz CT molecular complexity index is 565. The normalized spacial score (nSPS) is 16.6. The molecule has 132 valence electrons. The van der Waals surface area contributed by atoms with Crippen molar-refractivity contribution in [3.63, 3.8) is 0 Å². The van der Waals surface area contributed by atoms with E-state index in [1.54, 1.807) is 19.1 Å². The SMILES string of the molecule is CC(=N)c1cccc(C(=O)NCC2(CNCCO)CCCCC2)c1. The first-order chi connectivity index (χ1) is 11.6. The lowest BCUT2D eigenvalue weighted by atomic mass is 9.74. The zero-order valence-corrected chi connectivity index (χ0v) is 14.5. The maximum absolute atomic E-state index is 12.5. The number of nitrogens with one attached hydrogen (secondary N) is 3. The summed E-state index contributed by atoms with van der Waals surface area (Å²) in [5, 5.41) is 23.1. The van der Waals surface area contributed by atoms with E-state index in [0.717, 1.165) is 24.9 Å². The summed E-state index contributed by atoms with van der Waals surface area (Å²) in [5.41, 5.74) is 1.92. The standard InChI is InChI=1S/C19H29N3O2/c1-15(20)16-6-5-7-17(12-16)18(24)22-14-19(13-21-10-11-23)8-3-2-4-9-19/h5-7,12,20-21,23H,2-4,8-11,13-14H2,1H3,(H,22,24). The fraction of sp³-hybridized carbons (Fsp3) is 0.579. The highest BCUT2D eigenvalue weighted by Crippen LogP contribution is 2.35. The van der Waals surface area contributed by atoms with Crippen molar-refractivity contribution in [3.05, 3.63) is 35.4 Å². The number of hydrogen-bond acceptors (Lipinski definition) is 4. The lowest BCUT2D eigenvalue weighted by molar-refractivity contribution is 0.0906. The molecule has 1 fully saturated rings. The molecule has 0 radical (unpaired) electrons. The minimum Gasteiger partial charge on any atom is -0.395 e. The van der Waals surface area contributed by atoms with Gasteiger partial charge >= 0.3 is 0 Å². The van der Waals surface area contributed by atoms with E-state index >= 15 is 0 Å². The van der Waals surface area contributed by atoms with Crippen LogP contribution in [0.25, 0.3) is 0 Å². The fourth-order valence-electron chi connectivity index (χ4n) is 3.41. The van der Waals surface area contributed by atoms with Crippen LogP contribution in [0.5, 0.6) is 0 Å². The molecule has 0 aromatic heterocycles. The maximum atomic E-state index is 12.5. The molecular formula is C19H29N3O2. The van der Waals surface area contributed by atoms with E-state index in [0.29, 0.717) is 24.4 Å². The summed E-state index contributed by atoms with van der Waals surface area (Å²) in [5.74, 6) is -0.0785. The minimum absolute atomic E-state index is 0.0785. The van der Waals surface area contributed by atoms with Gasteiger partial charge in [-0.2, -0.15) is 0 Å². The Morgan fingerprint density at radius 3 is 2.58 bits per heavy atom. The van der Waals surface area contributed by atoms with Crippen LogP contribution in [0.1, 0.15) is 54.9 Å². The van der Waals surface area contributed by atoms with Gasteiger partial charge in [-0.1, -0.05) is 31.4 Å². The average Bonchev–Trinajstić information content (AvgIpc) is 2.61. The number of hydrogen-bond donors (Lipinski definition) is 4. The van der Waals surface area contributed by atoms with Gasteiger partial charge in [0.2, 0.25) is 0 Å². The second-order valence-electron chi connectivity index (χ2n) is 6.85. The zero-order valence-electron chi connectivity index (χ0n) is 14.5. The number of rotatable bonds is 8. The lowest BCUT2D eigenvalue weighted by Crippen LogP contribution is -2.45. The van der Waals surface area contributed by atoms with E-state index in [-0.39, 0.29) is 17.9 Å². The molecule has 0 saturated heterocycles. The third kappa shape index (κ3) is 5.14. The predicted octanol–water partition coefficient (Wildman–Crippen LogP) is 2.34. The first-order valence-electron chi connectivity index (χ1n) is 8.82. The summed E-state index contributed by atoms with van der Waals surface area (Å²) in [6.45, 7) is 3.93. The van der Waals surface area contributed by atoms with Gasteiger partial charge in [-0.25, -0.2) is 0 Å². The molecule has 1 saturated carbocycles. The van der Waals surface area contributed by atoms with E-state index < -0.39 is 0 Å². The van der Waals surface area contributed by atoms with Crippen LogP contribution < -0.4 is 10.6 Å². The third-order valence-corrected chi connectivity index (χ3v) is 4.88. The molecule has 4 N–H and O–H groups in total. The van der Waals surface area contributed by atoms with Crippen LogP contribution in [0.4, 0.5) is 0 Å². The summed E-state index contributed by atoms with van der Waals surface area (Å²) in [7, 11) is 0. The van der Waals surface area contributed by atoms with Gasteiger partial charge < -0.3 is 21.1 Å². The quantitative estimate of drug-likeness (QED) is 0.436. The molecule has 0 spiro atoms. The molecule has 2 rings (SSSR count). The second kappa shape index (κ2) is 8.94. The monoisotopic (exact) mass is 331 g/mol. The summed E-state index contributed by atoms with van der Waals surface area (Å²) in [4.78, 5) is 12.5. The van der Waals surface area contributed by atoms with Crippen LogP contribution in [-0.4, -0.2) is 43.0 Å². The Morgan fingerprint density at radius 1 is 1.21 bits per heavy atom.